The molecule has 0 aromatic heterocycles. The summed E-state index contributed by atoms with van der Waals surface area (Å²) in [5.41, 5.74) is 2.29. The van der Waals surface area contributed by atoms with Gasteiger partial charge in [0.1, 0.15) is 12.6 Å². The maximum atomic E-state index is 13.6. The zero-order valence-corrected chi connectivity index (χ0v) is 22.2. The third-order valence-electron chi connectivity index (χ3n) is 6.26. The highest BCUT2D eigenvalue weighted by molar-refractivity contribution is 9.10. The van der Waals surface area contributed by atoms with E-state index >= 15 is 0 Å². The van der Waals surface area contributed by atoms with Crippen molar-refractivity contribution in [2.45, 2.75) is 58.2 Å². The molecule has 3 rings (SSSR count). The Morgan fingerprint density at radius 2 is 1.71 bits per heavy atom. The Labute approximate surface area is 210 Å². The molecule has 0 spiro atoms. The van der Waals surface area contributed by atoms with E-state index in [4.69, 9.17) is 0 Å². The van der Waals surface area contributed by atoms with E-state index in [1.807, 2.05) is 31.2 Å². The summed E-state index contributed by atoms with van der Waals surface area (Å²) in [6.07, 6.45) is 5.12. The van der Waals surface area contributed by atoms with Gasteiger partial charge >= 0.3 is 0 Å². The predicted molar refractivity (Wildman–Crippen MR) is 138 cm³/mol. The number of amides is 2. The summed E-state index contributed by atoms with van der Waals surface area (Å²) in [4.78, 5) is 28.1. The van der Waals surface area contributed by atoms with Gasteiger partial charge in [-0.15, -0.1) is 0 Å². The summed E-state index contributed by atoms with van der Waals surface area (Å²) in [5, 5.41) is 3.07. The molecular formula is C25H32BrN3O4S. The number of rotatable bonds is 9. The summed E-state index contributed by atoms with van der Waals surface area (Å²) in [6, 6.07) is 13.8. The topological polar surface area (TPSA) is 86.8 Å². The van der Waals surface area contributed by atoms with Crippen LogP contribution in [0.3, 0.4) is 0 Å². The Bertz CT molecular complexity index is 1120. The summed E-state index contributed by atoms with van der Waals surface area (Å²) < 4.78 is 27.0. The van der Waals surface area contributed by atoms with Gasteiger partial charge in [0.15, 0.2) is 0 Å². The van der Waals surface area contributed by atoms with E-state index in [0.29, 0.717) is 5.69 Å². The van der Waals surface area contributed by atoms with Gasteiger partial charge in [0.2, 0.25) is 21.8 Å². The third-order valence-corrected chi connectivity index (χ3v) is 7.93. The molecule has 184 valence electrons. The lowest BCUT2D eigenvalue weighted by molar-refractivity contribution is -0.139. The van der Waals surface area contributed by atoms with E-state index in [2.05, 4.69) is 21.2 Å². The zero-order chi connectivity index (χ0) is 24.9. The minimum Gasteiger partial charge on any atom is -0.352 e. The van der Waals surface area contributed by atoms with Crippen molar-refractivity contribution in [3.05, 3.63) is 64.1 Å². The van der Waals surface area contributed by atoms with Gasteiger partial charge in [0, 0.05) is 17.1 Å². The molecule has 2 aromatic rings. The van der Waals surface area contributed by atoms with E-state index in [-0.39, 0.29) is 18.5 Å². The largest absolute Gasteiger partial charge is 0.352 e. The van der Waals surface area contributed by atoms with Crippen molar-refractivity contribution < 1.29 is 18.0 Å². The van der Waals surface area contributed by atoms with Crippen LogP contribution in [0.2, 0.25) is 0 Å². The van der Waals surface area contributed by atoms with Crippen LogP contribution in [0, 0.1) is 6.92 Å². The highest BCUT2D eigenvalue weighted by Gasteiger charge is 2.31. The monoisotopic (exact) mass is 549 g/mol. The van der Waals surface area contributed by atoms with Crippen molar-refractivity contribution in [2.24, 2.45) is 0 Å². The van der Waals surface area contributed by atoms with Crippen LogP contribution < -0.4 is 9.62 Å². The van der Waals surface area contributed by atoms with E-state index in [1.54, 1.807) is 31.2 Å². The van der Waals surface area contributed by atoms with Gasteiger partial charge in [0.05, 0.1) is 11.9 Å². The Kier molecular flexibility index (Phi) is 8.76. The summed E-state index contributed by atoms with van der Waals surface area (Å²) >= 11 is 3.35. The molecule has 34 heavy (non-hydrogen) atoms. The molecule has 0 radical (unpaired) electrons. The van der Waals surface area contributed by atoms with Crippen LogP contribution in [0.5, 0.6) is 0 Å². The van der Waals surface area contributed by atoms with E-state index < -0.39 is 28.5 Å². The second kappa shape index (κ2) is 11.4. The summed E-state index contributed by atoms with van der Waals surface area (Å²) in [7, 11) is -3.74. The van der Waals surface area contributed by atoms with Crippen molar-refractivity contribution in [3.63, 3.8) is 0 Å². The number of halogens is 1. The number of nitrogens with zero attached hydrogens (tertiary/aromatic N) is 2. The lowest BCUT2D eigenvalue weighted by Gasteiger charge is -2.32. The number of hydrogen-bond acceptors (Lipinski definition) is 4. The number of sulfonamides is 1. The summed E-state index contributed by atoms with van der Waals surface area (Å²) in [5.74, 6) is -0.658. The van der Waals surface area contributed by atoms with Crippen LogP contribution in [-0.2, 0) is 26.2 Å². The number of carbonyl (C=O) groups excluding carboxylic acids is 2. The number of anilines is 1. The molecule has 0 unspecified atom stereocenters. The molecule has 9 heteroatoms. The Balaban J connectivity index is 1.88. The Morgan fingerprint density at radius 3 is 2.29 bits per heavy atom. The number of carbonyl (C=O) groups is 2. The molecule has 2 aromatic carbocycles. The van der Waals surface area contributed by atoms with Crippen molar-refractivity contribution >= 4 is 43.5 Å². The first-order valence-electron chi connectivity index (χ1n) is 11.4. The average Bonchev–Trinajstić information content (AvgIpc) is 3.29. The minimum atomic E-state index is -3.74. The van der Waals surface area contributed by atoms with Crippen LogP contribution in [0.1, 0.15) is 43.7 Å². The molecular weight excluding hydrogens is 518 g/mol. The highest BCUT2D eigenvalue weighted by atomic mass is 79.9. The predicted octanol–water partition coefficient (Wildman–Crippen LogP) is 4.00. The molecule has 0 aliphatic heterocycles. The molecule has 1 aliphatic carbocycles. The lowest BCUT2D eigenvalue weighted by atomic mass is 10.1. The van der Waals surface area contributed by atoms with Crippen LogP contribution in [0.4, 0.5) is 5.69 Å². The fourth-order valence-corrected chi connectivity index (χ4v) is 5.28. The first kappa shape index (κ1) is 26.2. The molecule has 0 saturated heterocycles. The van der Waals surface area contributed by atoms with Gasteiger partial charge in [-0.1, -0.05) is 53.0 Å². The standard InChI is InChI=1S/C25H32BrN3O4S/c1-18-8-4-5-9-20(18)16-28(19(2)25(31)27-22-10-6-7-11-22)24(30)17-29(34(3,32)33)23-14-12-21(26)13-15-23/h4-5,8-9,12-15,19,22H,6-7,10-11,16-17H2,1-3H3,(H,27,31)/t19-/m0/s1. The molecule has 1 saturated carbocycles. The fraction of sp³-hybridized carbons (Fsp3) is 0.440. The third kappa shape index (κ3) is 6.82. The molecule has 2 amide bonds. The number of nitrogens with one attached hydrogen (secondary N) is 1. The lowest BCUT2D eigenvalue weighted by Crippen LogP contribution is -2.52. The van der Waals surface area contributed by atoms with E-state index in [9.17, 15) is 18.0 Å². The normalized spacial score (nSPS) is 15.1. The smallest absolute Gasteiger partial charge is 0.244 e. The second-order valence-corrected chi connectivity index (χ2v) is 11.7. The zero-order valence-electron chi connectivity index (χ0n) is 19.8. The molecule has 7 nitrogen and oxygen atoms in total. The summed E-state index contributed by atoms with van der Waals surface area (Å²) in [6.45, 7) is 3.47. The molecule has 1 N–H and O–H groups in total. The van der Waals surface area contributed by atoms with Crippen molar-refractivity contribution in [1.82, 2.24) is 10.2 Å². The van der Waals surface area contributed by atoms with Crippen molar-refractivity contribution in [1.29, 1.82) is 0 Å². The molecule has 0 heterocycles. The van der Waals surface area contributed by atoms with Gasteiger partial charge in [-0.25, -0.2) is 8.42 Å². The van der Waals surface area contributed by atoms with Gasteiger partial charge in [-0.3, -0.25) is 13.9 Å². The SMILES string of the molecule is Cc1ccccc1CN(C(=O)CN(c1ccc(Br)cc1)S(C)(=O)=O)[C@@H](C)C(=O)NC1CCCC1. The van der Waals surface area contributed by atoms with E-state index in [1.165, 1.54) is 4.90 Å². The molecule has 1 atom stereocenters. The van der Waals surface area contributed by atoms with Gasteiger partial charge in [-0.2, -0.15) is 0 Å². The number of aryl methyl sites for hydroxylation is 1. The maximum absolute atomic E-state index is 13.6. The number of hydrogen-bond donors (Lipinski definition) is 1. The highest BCUT2D eigenvalue weighted by Crippen LogP contribution is 2.23. The first-order valence-corrected chi connectivity index (χ1v) is 14.1. The van der Waals surface area contributed by atoms with Crippen LogP contribution >= 0.6 is 15.9 Å². The Hall–Kier alpha value is -2.39. The molecule has 0 bridgehead atoms. The maximum Gasteiger partial charge on any atom is 0.244 e. The fourth-order valence-electron chi connectivity index (χ4n) is 4.17. The van der Waals surface area contributed by atoms with Crippen molar-refractivity contribution in [2.75, 3.05) is 17.1 Å². The van der Waals surface area contributed by atoms with Gasteiger partial charge in [0.25, 0.3) is 0 Å². The second-order valence-electron chi connectivity index (χ2n) is 8.86. The van der Waals surface area contributed by atoms with Crippen LogP contribution in [0.25, 0.3) is 0 Å². The first-order chi connectivity index (χ1) is 16.1. The van der Waals surface area contributed by atoms with Crippen LogP contribution in [0.15, 0.2) is 53.0 Å². The average molecular weight is 551 g/mol. The molecule has 1 fully saturated rings. The quantitative estimate of drug-likeness (QED) is 0.512. The van der Waals surface area contributed by atoms with Crippen LogP contribution in [-0.4, -0.2) is 50.0 Å². The minimum absolute atomic E-state index is 0.126. The van der Waals surface area contributed by atoms with Crippen molar-refractivity contribution in [3.8, 4) is 0 Å². The van der Waals surface area contributed by atoms with Gasteiger partial charge < -0.3 is 10.2 Å². The number of benzene rings is 2. The van der Waals surface area contributed by atoms with E-state index in [0.717, 1.165) is 51.8 Å². The molecule has 1 aliphatic rings. The van der Waals surface area contributed by atoms with Gasteiger partial charge in [-0.05, 0) is 62.1 Å². The Morgan fingerprint density at radius 1 is 1.09 bits per heavy atom.